The number of imide groups is 1. The summed E-state index contributed by atoms with van der Waals surface area (Å²) in [6, 6.07) is 13.5. The zero-order valence-corrected chi connectivity index (χ0v) is 18.5. The summed E-state index contributed by atoms with van der Waals surface area (Å²) in [5, 5.41) is 3.51. The van der Waals surface area contributed by atoms with Crippen LogP contribution in [-0.2, 0) is 14.4 Å². The number of likely N-dealkylation sites (tertiary alicyclic amines) is 1. The number of fused-ring (bicyclic) bond motifs is 5. The average Bonchev–Trinajstić information content (AvgIpc) is 3.27. The number of nitrogens with zero attached hydrogens (tertiary/aromatic N) is 2. The smallest absolute Gasteiger partial charge is 0.247 e. The van der Waals surface area contributed by atoms with Crippen LogP contribution in [0.4, 0.5) is 11.4 Å². The Morgan fingerprint density at radius 2 is 1.75 bits per heavy atom. The minimum Gasteiger partial charge on any atom is -0.351 e. The minimum atomic E-state index is -0.783. The topological polar surface area (TPSA) is 69.7 Å². The largest absolute Gasteiger partial charge is 0.351 e. The van der Waals surface area contributed by atoms with E-state index in [1.54, 1.807) is 24.3 Å². The summed E-state index contributed by atoms with van der Waals surface area (Å²) < 4.78 is 0. The van der Waals surface area contributed by atoms with Crippen LogP contribution in [0.5, 0.6) is 0 Å². The Labute approximate surface area is 191 Å². The number of nitrogens with one attached hydrogen (secondary N) is 1. The van der Waals surface area contributed by atoms with Crippen molar-refractivity contribution in [3.05, 3.63) is 65.2 Å². The van der Waals surface area contributed by atoms with Gasteiger partial charge in [0.15, 0.2) is 0 Å². The summed E-state index contributed by atoms with van der Waals surface area (Å²) in [5.74, 6) is -2.00. The van der Waals surface area contributed by atoms with Gasteiger partial charge >= 0.3 is 0 Å². The quantitative estimate of drug-likeness (QED) is 0.701. The molecule has 3 heterocycles. The molecule has 6 nitrogen and oxygen atoms in total. The highest BCUT2D eigenvalue weighted by Crippen LogP contribution is 2.48. The fourth-order valence-corrected chi connectivity index (χ4v) is 5.29. The number of halogens is 1. The number of carbonyl (C=O) groups excluding carboxylic acids is 3. The van der Waals surface area contributed by atoms with Gasteiger partial charge in [-0.1, -0.05) is 55.3 Å². The summed E-state index contributed by atoms with van der Waals surface area (Å²) >= 11 is 5.97. The van der Waals surface area contributed by atoms with Gasteiger partial charge in [-0.25, -0.2) is 0 Å². The molecule has 32 heavy (non-hydrogen) atoms. The molecule has 2 saturated heterocycles. The van der Waals surface area contributed by atoms with E-state index in [4.69, 9.17) is 11.6 Å². The van der Waals surface area contributed by atoms with Gasteiger partial charge in [0.25, 0.3) is 0 Å². The highest BCUT2D eigenvalue weighted by atomic mass is 35.5. The lowest BCUT2D eigenvalue weighted by Gasteiger charge is -2.36. The molecule has 0 saturated carbocycles. The normalized spacial score (nSPS) is 25.6. The Bertz CT molecular complexity index is 1110. The van der Waals surface area contributed by atoms with Crippen LogP contribution in [0.3, 0.4) is 0 Å². The Morgan fingerprint density at radius 1 is 1.03 bits per heavy atom. The van der Waals surface area contributed by atoms with Crippen molar-refractivity contribution in [2.45, 2.75) is 31.8 Å². The maximum Gasteiger partial charge on any atom is 0.247 e. The van der Waals surface area contributed by atoms with Crippen LogP contribution in [0, 0.1) is 11.8 Å². The van der Waals surface area contributed by atoms with E-state index < -0.39 is 17.9 Å². The van der Waals surface area contributed by atoms with E-state index in [9.17, 15) is 14.4 Å². The van der Waals surface area contributed by atoms with Gasteiger partial charge in [-0.05, 0) is 42.3 Å². The van der Waals surface area contributed by atoms with Crippen molar-refractivity contribution < 1.29 is 14.4 Å². The van der Waals surface area contributed by atoms with Gasteiger partial charge in [0.1, 0.15) is 6.04 Å². The van der Waals surface area contributed by atoms with Crippen LogP contribution in [0.25, 0.3) is 6.08 Å². The van der Waals surface area contributed by atoms with E-state index in [1.165, 1.54) is 4.90 Å². The zero-order chi connectivity index (χ0) is 22.4. The van der Waals surface area contributed by atoms with Crippen molar-refractivity contribution in [1.82, 2.24) is 4.90 Å². The van der Waals surface area contributed by atoms with Gasteiger partial charge in [0.2, 0.25) is 17.7 Å². The van der Waals surface area contributed by atoms with E-state index >= 15 is 0 Å². The fourth-order valence-electron chi connectivity index (χ4n) is 5.16. The number of amides is 3. The third kappa shape index (κ3) is 3.21. The van der Waals surface area contributed by atoms with Crippen LogP contribution in [0.2, 0.25) is 5.02 Å². The summed E-state index contributed by atoms with van der Waals surface area (Å²) in [6.45, 7) is 2.43. The monoisotopic (exact) mass is 449 g/mol. The van der Waals surface area contributed by atoms with Crippen LogP contribution < -0.4 is 10.2 Å². The molecule has 0 aromatic heterocycles. The highest BCUT2D eigenvalue weighted by molar-refractivity contribution is 6.30. The molecule has 2 fully saturated rings. The maximum atomic E-state index is 13.6. The first-order valence-corrected chi connectivity index (χ1v) is 11.4. The molecule has 2 aromatic rings. The Morgan fingerprint density at radius 3 is 2.50 bits per heavy atom. The molecule has 3 amide bonds. The van der Waals surface area contributed by atoms with Gasteiger partial charge in [0.05, 0.1) is 17.9 Å². The lowest BCUT2D eigenvalue weighted by Crippen LogP contribution is -2.50. The van der Waals surface area contributed by atoms with Gasteiger partial charge in [-0.2, -0.15) is 0 Å². The van der Waals surface area contributed by atoms with Crippen LogP contribution in [-0.4, -0.2) is 41.2 Å². The molecule has 4 atom stereocenters. The molecular formula is C25H24ClN3O3. The van der Waals surface area contributed by atoms with Crippen molar-refractivity contribution in [2.75, 3.05) is 16.8 Å². The molecule has 0 bridgehead atoms. The third-order valence-corrected chi connectivity index (χ3v) is 6.87. The Kier molecular flexibility index (Phi) is 5.25. The SMILES string of the molecule is CCCCN1C(=O)C2C(C1=O)C(C(=O)Nc1ccc(Cl)cc1)N1c3ccccc3C=CC21. The van der Waals surface area contributed by atoms with Crippen LogP contribution in [0.1, 0.15) is 25.3 Å². The highest BCUT2D eigenvalue weighted by Gasteiger charge is 2.63. The lowest BCUT2D eigenvalue weighted by atomic mass is 9.88. The molecule has 2 aromatic carbocycles. The first-order valence-electron chi connectivity index (χ1n) is 11.0. The summed E-state index contributed by atoms with van der Waals surface area (Å²) in [7, 11) is 0. The second kappa shape index (κ2) is 8.10. The summed E-state index contributed by atoms with van der Waals surface area (Å²) in [6.07, 6.45) is 5.59. The van der Waals surface area contributed by atoms with E-state index in [2.05, 4.69) is 5.32 Å². The van der Waals surface area contributed by atoms with E-state index in [1.807, 2.05) is 48.2 Å². The van der Waals surface area contributed by atoms with Crippen molar-refractivity contribution in [3.63, 3.8) is 0 Å². The van der Waals surface area contributed by atoms with E-state index in [-0.39, 0.29) is 23.8 Å². The Balaban J connectivity index is 1.55. The van der Waals surface area contributed by atoms with Crippen molar-refractivity contribution in [3.8, 4) is 0 Å². The lowest BCUT2D eigenvalue weighted by molar-refractivity contribution is -0.141. The minimum absolute atomic E-state index is 0.172. The number of benzene rings is 2. The van der Waals surface area contributed by atoms with Crippen molar-refractivity contribution in [2.24, 2.45) is 11.8 Å². The van der Waals surface area contributed by atoms with Crippen molar-refractivity contribution in [1.29, 1.82) is 0 Å². The fraction of sp³-hybridized carbons (Fsp3) is 0.320. The Hall–Kier alpha value is -3.12. The standard InChI is InChI=1S/C25H24ClN3O3/c1-2-3-14-28-24(31)20-19-13-8-15-6-4-5-7-18(15)29(19)22(21(20)25(28)32)23(30)27-17-11-9-16(26)10-12-17/h4-13,19-22H,2-3,14H2,1H3,(H,27,30). The number of anilines is 2. The van der Waals surface area contributed by atoms with Gasteiger partial charge < -0.3 is 10.2 Å². The van der Waals surface area contributed by atoms with Gasteiger partial charge in [-0.3, -0.25) is 19.3 Å². The van der Waals surface area contributed by atoms with E-state index in [0.29, 0.717) is 17.3 Å². The molecule has 3 aliphatic heterocycles. The van der Waals surface area contributed by atoms with Gasteiger partial charge in [-0.15, -0.1) is 0 Å². The van der Waals surface area contributed by atoms with Crippen LogP contribution >= 0.6 is 11.6 Å². The van der Waals surface area contributed by atoms with Crippen molar-refractivity contribution >= 4 is 46.8 Å². The number of rotatable bonds is 5. The number of carbonyl (C=O) groups is 3. The summed E-state index contributed by atoms with van der Waals surface area (Å²) in [4.78, 5) is 43.7. The number of unbranched alkanes of at least 4 members (excludes halogenated alkanes) is 1. The molecule has 0 spiro atoms. The number of hydrogen-bond donors (Lipinski definition) is 1. The molecule has 164 valence electrons. The molecule has 0 radical (unpaired) electrons. The first kappa shape index (κ1) is 20.8. The molecule has 0 aliphatic carbocycles. The predicted octanol–water partition coefficient (Wildman–Crippen LogP) is 3.96. The average molecular weight is 450 g/mol. The molecule has 4 unspecified atom stereocenters. The second-order valence-corrected chi connectivity index (χ2v) is 8.93. The second-order valence-electron chi connectivity index (χ2n) is 8.49. The molecule has 3 aliphatic rings. The van der Waals surface area contributed by atoms with Gasteiger partial charge in [0, 0.05) is 22.9 Å². The summed E-state index contributed by atoms with van der Waals surface area (Å²) in [5.41, 5.74) is 2.43. The maximum absolute atomic E-state index is 13.6. The third-order valence-electron chi connectivity index (χ3n) is 6.62. The van der Waals surface area contributed by atoms with E-state index in [0.717, 1.165) is 24.1 Å². The molecule has 7 heteroatoms. The molecular weight excluding hydrogens is 426 g/mol. The zero-order valence-electron chi connectivity index (χ0n) is 17.7. The molecule has 1 N–H and O–H groups in total. The van der Waals surface area contributed by atoms with Crippen LogP contribution in [0.15, 0.2) is 54.6 Å². The number of hydrogen-bond acceptors (Lipinski definition) is 4. The molecule has 5 rings (SSSR count). The number of para-hydroxylation sites is 1. The predicted molar refractivity (Wildman–Crippen MR) is 124 cm³/mol. The first-order chi connectivity index (χ1) is 15.5.